The normalized spacial score (nSPS) is 16.7. The van der Waals surface area contributed by atoms with Crippen LogP contribution in [0, 0.1) is 0 Å². The van der Waals surface area contributed by atoms with Gasteiger partial charge >= 0.3 is 0 Å². The molecule has 0 bridgehead atoms. The monoisotopic (exact) mass is 380 g/mol. The second-order valence-electron chi connectivity index (χ2n) is 6.16. The van der Waals surface area contributed by atoms with Crippen molar-refractivity contribution in [1.29, 1.82) is 0 Å². The summed E-state index contributed by atoms with van der Waals surface area (Å²) < 4.78 is 5.61. The lowest BCUT2D eigenvalue weighted by Gasteiger charge is -2.37. The third-order valence-electron chi connectivity index (χ3n) is 4.30. The predicted molar refractivity (Wildman–Crippen MR) is 103 cm³/mol. The molecule has 1 unspecified atom stereocenters. The van der Waals surface area contributed by atoms with Crippen molar-refractivity contribution in [3.63, 3.8) is 0 Å². The zero-order valence-electron chi connectivity index (χ0n) is 13.9. The highest BCUT2D eigenvalue weighted by Gasteiger charge is 2.20. The van der Waals surface area contributed by atoms with Crippen LogP contribution in [0.3, 0.4) is 0 Å². The van der Waals surface area contributed by atoms with Crippen LogP contribution in [-0.2, 0) is 0 Å². The predicted octanol–water partition coefficient (Wildman–Crippen LogP) is 3.56. The smallest absolute Gasteiger partial charge is 0.119 e. The molecule has 25 heavy (non-hydrogen) atoms. The largest absolute Gasteiger partial charge is 0.491 e. The van der Waals surface area contributed by atoms with Gasteiger partial charge < -0.3 is 14.7 Å². The lowest BCUT2D eigenvalue weighted by Crippen LogP contribution is -2.49. The molecule has 4 nitrogen and oxygen atoms in total. The Labute approximate surface area is 158 Å². The molecule has 0 amide bonds. The van der Waals surface area contributed by atoms with Crippen molar-refractivity contribution in [2.45, 2.75) is 6.10 Å². The molecular weight excluding hydrogens is 359 g/mol. The summed E-state index contributed by atoms with van der Waals surface area (Å²) in [5.41, 5.74) is 1.09. The van der Waals surface area contributed by atoms with E-state index < -0.39 is 6.10 Å². The number of ether oxygens (including phenoxy) is 1. The van der Waals surface area contributed by atoms with Gasteiger partial charge in [0.25, 0.3) is 0 Å². The molecule has 1 aliphatic rings. The van der Waals surface area contributed by atoms with Crippen LogP contribution in [0.5, 0.6) is 5.75 Å². The van der Waals surface area contributed by atoms with Crippen molar-refractivity contribution in [2.24, 2.45) is 0 Å². The SMILES string of the molecule is OC(COc1ccccc1)CN1CCN(c2ccc(Cl)c(Cl)c2)CC1. The molecule has 1 heterocycles. The van der Waals surface area contributed by atoms with Crippen LogP contribution in [0.15, 0.2) is 48.5 Å². The van der Waals surface area contributed by atoms with Crippen molar-refractivity contribution in [2.75, 3.05) is 44.2 Å². The number of hydrogen-bond acceptors (Lipinski definition) is 4. The molecule has 6 heteroatoms. The molecular formula is C19H22Cl2N2O2. The second kappa shape index (κ2) is 8.77. The van der Waals surface area contributed by atoms with E-state index in [0.717, 1.165) is 37.6 Å². The van der Waals surface area contributed by atoms with E-state index in [9.17, 15) is 5.11 Å². The molecule has 2 aromatic rings. The van der Waals surface area contributed by atoms with Crippen LogP contribution in [0.2, 0.25) is 10.0 Å². The third kappa shape index (κ3) is 5.25. The van der Waals surface area contributed by atoms with Crippen LogP contribution in [0.1, 0.15) is 0 Å². The maximum Gasteiger partial charge on any atom is 0.119 e. The van der Waals surface area contributed by atoms with Crippen LogP contribution in [0.25, 0.3) is 0 Å². The van der Waals surface area contributed by atoms with Crippen LogP contribution >= 0.6 is 23.2 Å². The number of nitrogens with zero attached hydrogens (tertiary/aromatic N) is 2. The van der Waals surface area contributed by atoms with Crippen LogP contribution in [0.4, 0.5) is 5.69 Å². The van der Waals surface area contributed by atoms with Gasteiger partial charge in [-0.3, -0.25) is 4.90 Å². The number of para-hydroxylation sites is 1. The zero-order chi connectivity index (χ0) is 17.6. The van der Waals surface area contributed by atoms with Crippen molar-refractivity contribution in [3.8, 4) is 5.75 Å². The maximum absolute atomic E-state index is 10.2. The first-order chi connectivity index (χ1) is 12.1. The Morgan fingerprint density at radius 3 is 2.36 bits per heavy atom. The highest BCUT2D eigenvalue weighted by Crippen LogP contribution is 2.27. The molecule has 2 aromatic carbocycles. The fourth-order valence-corrected chi connectivity index (χ4v) is 3.22. The zero-order valence-corrected chi connectivity index (χ0v) is 15.5. The van der Waals surface area contributed by atoms with E-state index in [-0.39, 0.29) is 0 Å². The first kappa shape index (κ1) is 18.3. The molecule has 1 fully saturated rings. The molecule has 3 rings (SSSR count). The fourth-order valence-electron chi connectivity index (χ4n) is 2.93. The van der Waals surface area contributed by atoms with Crippen LogP contribution in [-0.4, -0.2) is 55.4 Å². The van der Waals surface area contributed by atoms with Crippen LogP contribution < -0.4 is 9.64 Å². The summed E-state index contributed by atoms with van der Waals surface area (Å²) in [7, 11) is 0. The lowest BCUT2D eigenvalue weighted by atomic mass is 10.2. The summed E-state index contributed by atoms with van der Waals surface area (Å²) in [4.78, 5) is 4.54. The summed E-state index contributed by atoms with van der Waals surface area (Å²) in [6.07, 6.45) is -0.503. The first-order valence-corrected chi connectivity index (χ1v) is 9.15. The Kier molecular flexibility index (Phi) is 6.43. The maximum atomic E-state index is 10.2. The highest BCUT2D eigenvalue weighted by atomic mass is 35.5. The Balaban J connectivity index is 1.43. The number of benzene rings is 2. The van der Waals surface area contributed by atoms with E-state index in [1.165, 1.54) is 0 Å². The van der Waals surface area contributed by atoms with E-state index in [2.05, 4.69) is 9.80 Å². The van der Waals surface area contributed by atoms with E-state index >= 15 is 0 Å². The number of aliphatic hydroxyl groups excluding tert-OH is 1. The average Bonchev–Trinajstić information content (AvgIpc) is 2.64. The third-order valence-corrected chi connectivity index (χ3v) is 5.03. The van der Waals surface area contributed by atoms with Crippen molar-refractivity contribution >= 4 is 28.9 Å². The van der Waals surface area contributed by atoms with E-state index in [0.29, 0.717) is 23.2 Å². The van der Waals surface area contributed by atoms with Gasteiger partial charge in [-0.15, -0.1) is 0 Å². The Bertz CT molecular complexity index is 676. The van der Waals surface area contributed by atoms with Gasteiger partial charge in [-0.25, -0.2) is 0 Å². The van der Waals surface area contributed by atoms with E-state index in [4.69, 9.17) is 27.9 Å². The fraction of sp³-hybridized carbons (Fsp3) is 0.368. The van der Waals surface area contributed by atoms with Gasteiger partial charge in [0.2, 0.25) is 0 Å². The molecule has 134 valence electrons. The van der Waals surface area contributed by atoms with Gasteiger partial charge in [0.1, 0.15) is 18.5 Å². The number of piperazine rings is 1. The van der Waals surface area contributed by atoms with Gasteiger partial charge in [-0.05, 0) is 30.3 Å². The number of β-amino-alcohol motifs (C(OH)–C–C–N with tert-alkyl or cyclic N) is 1. The summed E-state index contributed by atoms with van der Waals surface area (Å²) in [6, 6.07) is 15.3. The molecule has 0 aliphatic carbocycles. The average molecular weight is 381 g/mol. The summed E-state index contributed by atoms with van der Waals surface area (Å²) >= 11 is 12.1. The quantitative estimate of drug-likeness (QED) is 0.830. The van der Waals surface area contributed by atoms with Gasteiger partial charge in [0.05, 0.1) is 10.0 Å². The number of rotatable bonds is 6. The van der Waals surface area contributed by atoms with E-state index in [1.807, 2.05) is 48.5 Å². The molecule has 1 N–H and O–H groups in total. The van der Waals surface area contributed by atoms with Crippen molar-refractivity contribution in [1.82, 2.24) is 4.90 Å². The topological polar surface area (TPSA) is 35.9 Å². The molecule has 1 saturated heterocycles. The molecule has 0 saturated carbocycles. The number of halogens is 2. The van der Waals surface area contributed by atoms with Gasteiger partial charge in [0, 0.05) is 38.4 Å². The first-order valence-electron chi connectivity index (χ1n) is 8.40. The minimum Gasteiger partial charge on any atom is -0.491 e. The highest BCUT2D eigenvalue weighted by molar-refractivity contribution is 6.42. The molecule has 1 atom stereocenters. The Morgan fingerprint density at radius 2 is 1.68 bits per heavy atom. The van der Waals surface area contributed by atoms with Gasteiger partial charge in [-0.2, -0.15) is 0 Å². The Hall–Kier alpha value is -1.46. The summed E-state index contributed by atoms with van der Waals surface area (Å²) in [5, 5.41) is 11.4. The minimum absolute atomic E-state index is 0.303. The molecule has 0 radical (unpaired) electrons. The van der Waals surface area contributed by atoms with Crippen molar-refractivity contribution < 1.29 is 9.84 Å². The summed E-state index contributed by atoms with van der Waals surface area (Å²) in [5.74, 6) is 0.783. The standard InChI is InChI=1S/C19H22Cl2N2O2/c20-18-7-6-15(12-19(18)21)23-10-8-22(9-11-23)13-16(24)14-25-17-4-2-1-3-5-17/h1-7,12,16,24H,8-11,13-14H2. The number of aliphatic hydroxyl groups is 1. The molecule has 1 aliphatic heterocycles. The van der Waals surface area contributed by atoms with Crippen molar-refractivity contribution in [3.05, 3.63) is 58.6 Å². The molecule has 0 aromatic heterocycles. The lowest BCUT2D eigenvalue weighted by molar-refractivity contribution is 0.0663. The number of hydrogen-bond donors (Lipinski definition) is 1. The summed E-state index contributed by atoms with van der Waals surface area (Å²) in [6.45, 7) is 4.48. The molecule has 0 spiro atoms. The minimum atomic E-state index is -0.503. The number of anilines is 1. The van der Waals surface area contributed by atoms with E-state index in [1.54, 1.807) is 0 Å². The van der Waals surface area contributed by atoms with Gasteiger partial charge in [0.15, 0.2) is 0 Å². The van der Waals surface area contributed by atoms with Gasteiger partial charge in [-0.1, -0.05) is 41.4 Å². The Morgan fingerprint density at radius 1 is 0.960 bits per heavy atom. The second-order valence-corrected chi connectivity index (χ2v) is 6.98.